The third kappa shape index (κ3) is 3.49. The van der Waals surface area contributed by atoms with Crippen LogP contribution in [0.3, 0.4) is 0 Å². The largest absolute Gasteiger partial charge is 0.394 e. The molecule has 1 aliphatic rings. The third-order valence-corrected chi connectivity index (χ3v) is 2.08. The van der Waals surface area contributed by atoms with Crippen LogP contribution < -0.4 is 5.48 Å². The van der Waals surface area contributed by atoms with Crippen molar-refractivity contribution in [3.05, 3.63) is 0 Å². The maximum Gasteiger partial charge on any atom is 0.0918 e. The summed E-state index contributed by atoms with van der Waals surface area (Å²) in [5.41, 5.74) is 2.67. The number of aliphatic hydroxyl groups excluding tert-OH is 2. The van der Waals surface area contributed by atoms with Crippen LogP contribution in [0.25, 0.3) is 0 Å². The molecule has 0 spiro atoms. The molecule has 1 atom stereocenters. The molecule has 1 fully saturated rings. The highest BCUT2D eigenvalue weighted by molar-refractivity contribution is 4.65. The summed E-state index contributed by atoms with van der Waals surface area (Å²) in [5, 5.41) is 17.4. The van der Waals surface area contributed by atoms with E-state index >= 15 is 0 Å². The molecule has 0 bridgehead atoms. The highest BCUT2D eigenvalue weighted by Crippen LogP contribution is 2.19. The molecule has 0 aromatic rings. The molecule has 0 unspecified atom stereocenters. The highest BCUT2D eigenvalue weighted by atomic mass is 16.7. The zero-order valence-corrected chi connectivity index (χ0v) is 7.20. The molecule has 1 saturated carbocycles. The maximum atomic E-state index is 8.94. The van der Waals surface area contributed by atoms with Crippen molar-refractivity contribution in [3.63, 3.8) is 0 Å². The van der Waals surface area contributed by atoms with E-state index in [1.54, 1.807) is 0 Å². The second kappa shape index (κ2) is 5.48. The first-order valence-electron chi connectivity index (χ1n) is 4.50. The Balaban J connectivity index is 1.94. The number of hydrogen-bond acceptors (Lipinski definition) is 4. The number of nitrogens with one attached hydrogen (secondary N) is 1. The van der Waals surface area contributed by atoms with Gasteiger partial charge in [-0.2, -0.15) is 5.48 Å². The normalized spacial score (nSPS) is 21.5. The summed E-state index contributed by atoms with van der Waals surface area (Å²) in [6.07, 6.45) is 4.25. The predicted molar refractivity (Wildman–Crippen MR) is 44.4 cm³/mol. The van der Waals surface area contributed by atoms with Crippen LogP contribution in [0.4, 0.5) is 0 Å². The zero-order chi connectivity index (χ0) is 8.81. The molecule has 0 amide bonds. The van der Waals surface area contributed by atoms with Crippen LogP contribution in [0, 0.1) is 0 Å². The van der Waals surface area contributed by atoms with E-state index in [4.69, 9.17) is 15.1 Å². The van der Waals surface area contributed by atoms with E-state index in [0.717, 1.165) is 12.8 Å². The van der Waals surface area contributed by atoms with Gasteiger partial charge in [0, 0.05) is 6.54 Å². The van der Waals surface area contributed by atoms with Gasteiger partial charge in [0.1, 0.15) is 0 Å². The van der Waals surface area contributed by atoms with Gasteiger partial charge in [-0.05, 0) is 12.8 Å². The fraction of sp³-hybridized carbons (Fsp3) is 1.00. The van der Waals surface area contributed by atoms with Crippen LogP contribution in [0.15, 0.2) is 0 Å². The van der Waals surface area contributed by atoms with E-state index in [1.807, 2.05) is 0 Å². The first-order chi connectivity index (χ1) is 5.83. The Morgan fingerprint density at radius 3 is 2.67 bits per heavy atom. The average molecular weight is 175 g/mol. The van der Waals surface area contributed by atoms with Crippen molar-refractivity contribution in [2.75, 3.05) is 13.2 Å². The monoisotopic (exact) mass is 175 g/mol. The van der Waals surface area contributed by atoms with Crippen molar-refractivity contribution in [1.29, 1.82) is 0 Å². The fourth-order valence-electron chi connectivity index (χ4n) is 1.33. The quantitative estimate of drug-likeness (QED) is 0.507. The predicted octanol–water partition coefficient (Wildman–Crippen LogP) is -0.197. The number of hydroxylamine groups is 1. The first kappa shape index (κ1) is 9.92. The summed E-state index contributed by atoms with van der Waals surface area (Å²) >= 11 is 0. The molecule has 4 nitrogen and oxygen atoms in total. The van der Waals surface area contributed by atoms with E-state index in [9.17, 15) is 0 Å². The van der Waals surface area contributed by atoms with Crippen molar-refractivity contribution < 1.29 is 15.1 Å². The molecule has 0 aromatic heterocycles. The number of rotatable bonds is 5. The summed E-state index contributed by atoms with van der Waals surface area (Å²) in [6.45, 7) is 0.0774. The molecule has 1 aliphatic carbocycles. The Hall–Kier alpha value is -0.160. The smallest absolute Gasteiger partial charge is 0.0918 e. The minimum absolute atomic E-state index is 0.221. The minimum Gasteiger partial charge on any atom is -0.394 e. The molecule has 3 N–H and O–H groups in total. The van der Waals surface area contributed by atoms with Crippen LogP contribution in [-0.4, -0.2) is 35.6 Å². The summed E-state index contributed by atoms with van der Waals surface area (Å²) in [4.78, 5) is 5.25. The van der Waals surface area contributed by atoms with Crippen LogP contribution in [0.2, 0.25) is 0 Å². The van der Waals surface area contributed by atoms with E-state index in [-0.39, 0.29) is 6.61 Å². The van der Waals surface area contributed by atoms with Crippen LogP contribution in [-0.2, 0) is 4.84 Å². The molecule has 72 valence electrons. The number of hydrogen-bond donors (Lipinski definition) is 3. The molecule has 12 heavy (non-hydrogen) atoms. The summed E-state index contributed by atoms with van der Waals surface area (Å²) in [5.74, 6) is 0. The molecular weight excluding hydrogens is 158 g/mol. The average Bonchev–Trinajstić information content (AvgIpc) is 2.57. The van der Waals surface area contributed by atoms with E-state index in [0.29, 0.717) is 12.6 Å². The molecule has 0 heterocycles. The lowest BCUT2D eigenvalue weighted by Gasteiger charge is -2.13. The minimum atomic E-state index is -0.716. The molecular formula is C8H17NO3. The van der Waals surface area contributed by atoms with Gasteiger partial charge in [0.05, 0.1) is 18.8 Å². The lowest BCUT2D eigenvalue weighted by molar-refractivity contribution is -0.0432. The summed E-state index contributed by atoms with van der Waals surface area (Å²) in [7, 11) is 0. The van der Waals surface area contributed by atoms with Crippen LogP contribution >= 0.6 is 0 Å². The second-order valence-corrected chi connectivity index (χ2v) is 3.21. The van der Waals surface area contributed by atoms with Gasteiger partial charge in [-0.1, -0.05) is 12.8 Å². The van der Waals surface area contributed by atoms with Gasteiger partial charge >= 0.3 is 0 Å². The molecule has 1 rings (SSSR count). The lowest BCUT2D eigenvalue weighted by Crippen LogP contribution is -2.32. The van der Waals surface area contributed by atoms with E-state index in [1.165, 1.54) is 12.8 Å². The van der Waals surface area contributed by atoms with Gasteiger partial charge in [-0.15, -0.1) is 0 Å². The van der Waals surface area contributed by atoms with Crippen LogP contribution in [0.5, 0.6) is 0 Å². The topological polar surface area (TPSA) is 61.7 Å². The molecule has 0 aliphatic heterocycles. The Morgan fingerprint density at radius 1 is 1.42 bits per heavy atom. The Bertz CT molecular complexity index is 115. The van der Waals surface area contributed by atoms with Crippen molar-refractivity contribution in [2.24, 2.45) is 0 Å². The van der Waals surface area contributed by atoms with Gasteiger partial charge in [0.15, 0.2) is 0 Å². The van der Waals surface area contributed by atoms with Gasteiger partial charge in [0.25, 0.3) is 0 Å². The van der Waals surface area contributed by atoms with Gasteiger partial charge < -0.3 is 10.2 Å². The van der Waals surface area contributed by atoms with Crippen molar-refractivity contribution in [2.45, 2.75) is 37.9 Å². The van der Waals surface area contributed by atoms with Gasteiger partial charge in [-0.3, -0.25) is 4.84 Å². The second-order valence-electron chi connectivity index (χ2n) is 3.21. The SMILES string of the molecule is OC[C@@H](O)CNOC1CCCC1. The molecule has 0 radical (unpaired) electrons. The zero-order valence-electron chi connectivity index (χ0n) is 7.20. The summed E-state index contributed by atoms with van der Waals surface area (Å²) in [6, 6.07) is 0. The molecule has 0 aromatic carbocycles. The standard InChI is InChI=1S/C8H17NO3/c10-6-7(11)5-9-12-8-3-1-2-4-8/h7-11H,1-6H2/t7-/m0/s1. The Kier molecular flexibility index (Phi) is 4.53. The summed E-state index contributed by atoms with van der Waals surface area (Å²) < 4.78 is 0. The lowest BCUT2D eigenvalue weighted by atomic mass is 10.3. The van der Waals surface area contributed by atoms with E-state index < -0.39 is 6.10 Å². The van der Waals surface area contributed by atoms with Crippen molar-refractivity contribution in [1.82, 2.24) is 5.48 Å². The van der Waals surface area contributed by atoms with Gasteiger partial charge in [0.2, 0.25) is 0 Å². The maximum absolute atomic E-state index is 8.94. The fourth-order valence-corrected chi connectivity index (χ4v) is 1.33. The Labute approximate surface area is 72.5 Å². The first-order valence-corrected chi connectivity index (χ1v) is 4.50. The molecule has 0 saturated heterocycles. The third-order valence-electron chi connectivity index (χ3n) is 2.08. The van der Waals surface area contributed by atoms with Crippen molar-refractivity contribution >= 4 is 0 Å². The molecule has 4 heteroatoms. The van der Waals surface area contributed by atoms with Crippen LogP contribution in [0.1, 0.15) is 25.7 Å². The van der Waals surface area contributed by atoms with Gasteiger partial charge in [-0.25, -0.2) is 0 Å². The Morgan fingerprint density at radius 2 is 2.08 bits per heavy atom. The number of aliphatic hydroxyl groups is 2. The highest BCUT2D eigenvalue weighted by Gasteiger charge is 2.15. The van der Waals surface area contributed by atoms with E-state index in [2.05, 4.69) is 5.48 Å². The van der Waals surface area contributed by atoms with Crippen molar-refractivity contribution in [3.8, 4) is 0 Å².